The fourth-order valence-corrected chi connectivity index (χ4v) is 3.79. The highest BCUT2D eigenvalue weighted by molar-refractivity contribution is 5.78. The monoisotopic (exact) mass is 388 g/mol. The van der Waals surface area contributed by atoms with E-state index in [1.165, 1.54) is 0 Å². The highest BCUT2D eigenvalue weighted by atomic mass is 16.1. The van der Waals surface area contributed by atoms with Crippen molar-refractivity contribution in [3.63, 3.8) is 0 Å². The second-order valence-electron chi connectivity index (χ2n) is 7.49. The lowest BCUT2D eigenvalue weighted by atomic mass is 9.99. The van der Waals surface area contributed by atoms with E-state index in [1.807, 2.05) is 42.5 Å². The molecule has 0 saturated heterocycles. The van der Waals surface area contributed by atoms with E-state index in [-0.39, 0.29) is 11.5 Å². The zero-order valence-electron chi connectivity index (χ0n) is 16.2. The second kappa shape index (κ2) is 8.82. The number of rotatable bonds is 5. The molecule has 1 unspecified atom stereocenters. The fourth-order valence-electron chi connectivity index (χ4n) is 3.79. The molecule has 4 rings (SSSR count). The van der Waals surface area contributed by atoms with Gasteiger partial charge in [-0.15, -0.1) is 0 Å². The molecule has 1 aromatic carbocycles. The minimum Gasteiger partial charge on any atom is -0.356 e. The Bertz CT molecular complexity index is 1030. The lowest BCUT2D eigenvalue weighted by Gasteiger charge is -2.14. The van der Waals surface area contributed by atoms with E-state index in [9.17, 15) is 9.59 Å². The van der Waals surface area contributed by atoms with E-state index in [1.54, 1.807) is 12.4 Å². The van der Waals surface area contributed by atoms with Crippen molar-refractivity contribution < 1.29 is 4.79 Å². The number of aromatic amines is 1. The topological polar surface area (TPSA) is 87.7 Å². The van der Waals surface area contributed by atoms with Crippen LogP contribution in [-0.2, 0) is 24.1 Å². The summed E-state index contributed by atoms with van der Waals surface area (Å²) in [6.45, 7) is 0.622. The van der Waals surface area contributed by atoms with Crippen molar-refractivity contribution >= 4 is 5.91 Å². The molecule has 148 valence electrons. The molecule has 1 aliphatic rings. The quantitative estimate of drug-likeness (QED) is 0.658. The van der Waals surface area contributed by atoms with Gasteiger partial charge < -0.3 is 10.3 Å². The van der Waals surface area contributed by atoms with Crippen LogP contribution in [0.1, 0.15) is 29.7 Å². The molecule has 2 heterocycles. The van der Waals surface area contributed by atoms with E-state index in [0.717, 1.165) is 41.6 Å². The molecule has 6 nitrogen and oxygen atoms in total. The summed E-state index contributed by atoms with van der Waals surface area (Å²) < 4.78 is 0. The third-order valence-electron chi connectivity index (χ3n) is 5.42. The highest BCUT2D eigenvalue weighted by Crippen LogP contribution is 2.23. The van der Waals surface area contributed by atoms with Crippen LogP contribution in [0.3, 0.4) is 0 Å². The van der Waals surface area contributed by atoms with Gasteiger partial charge in [-0.2, -0.15) is 0 Å². The first kappa shape index (κ1) is 19.1. The molecule has 0 bridgehead atoms. The van der Waals surface area contributed by atoms with Crippen molar-refractivity contribution in [3.05, 3.63) is 82.0 Å². The molecule has 0 aliphatic heterocycles. The van der Waals surface area contributed by atoms with Crippen LogP contribution in [0.2, 0.25) is 0 Å². The van der Waals surface area contributed by atoms with Crippen molar-refractivity contribution in [2.75, 3.05) is 6.54 Å². The van der Waals surface area contributed by atoms with Crippen LogP contribution in [0.15, 0.2) is 59.7 Å². The average molecular weight is 388 g/mol. The Morgan fingerprint density at radius 2 is 1.93 bits per heavy atom. The van der Waals surface area contributed by atoms with E-state index in [0.29, 0.717) is 31.1 Å². The molecule has 1 atom stereocenters. The number of carbonyl (C=O) groups is 1. The van der Waals surface area contributed by atoms with Gasteiger partial charge in [-0.25, -0.2) is 4.98 Å². The minimum atomic E-state index is -0.0462. The van der Waals surface area contributed by atoms with Gasteiger partial charge in [0.15, 0.2) is 0 Å². The van der Waals surface area contributed by atoms with Gasteiger partial charge in [-0.05, 0) is 43.2 Å². The smallest absolute Gasteiger partial charge is 0.254 e. The van der Waals surface area contributed by atoms with E-state index in [4.69, 9.17) is 4.98 Å². The number of pyridine rings is 1. The Morgan fingerprint density at radius 3 is 2.72 bits per heavy atom. The number of aryl methyl sites for hydroxylation is 1. The Labute approximate surface area is 169 Å². The number of fused-ring (bicyclic) bond motifs is 1. The van der Waals surface area contributed by atoms with Crippen LogP contribution in [0.5, 0.6) is 0 Å². The number of benzene rings is 1. The summed E-state index contributed by atoms with van der Waals surface area (Å²) in [4.78, 5) is 36.5. The average Bonchev–Trinajstić information content (AvgIpc) is 2.96. The van der Waals surface area contributed by atoms with Crippen LogP contribution in [0, 0.1) is 5.92 Å². The number of aromatic nitrogens is 3. The van der Waals surface area contributed by atoms with E-state index >= 15 is 0 Å². The van der Waals surface area contributed by atoms with Crippen LogP contribution >= 0.6 is 0 Å². The van der Waals surface area contributed by atoms with Crippen molar-refractivity contribution in [1.29, 1.82) is 0 Å². The SMILES string of the molecule is O=C(Cc1cccnc1)NCC1CCc2nc(-c3ccccc3)[nH]c(=O)c2CC1. The van der Waals surface area contributed by atoms with Gasteiger partial charge >= 0.3 is 0 Å². The third kappa shape index (κ3) is 4.77. The molecule has 0 spiro atoms. The molecule has 2 aromatic heterocycles. The maximum absolute atomic E-state index is 12.6. The number of nitrogens with zero attached hydrogens (tertiary/aromatic N) is 2. The van der Waals surface area contributed by atoms with Crippen molar-refractivity contribution in [2.45, 2.75) is 32.1 Å². The maximum Gasteiger partial charge on any atom is 0.254 e. The van der Waals surface area contributed by atoms with E-state index < -0.39 is 0 Å². The zero-order chi connectivity index (χ0) is 20.1. The number of carbonyl (C=O) groups excluding carboxylic acids is 1. The Morgan fingerprint density at radius 1 is 1.10 bits per heavy atom. The van der Waals surface area contributed by atoms with Crippen LogP contribution in [0.4, 0.5) is 0 Å². The van der Waals surface area contributed by atoms with Gasteiger partial charge in [0, 0.05) is 30.1 Å². The molecule has 6 heteroatoms. The summed E-state index contributed by atoms with van der Waals surface area (Å²) in [5, 5.41) is 3.03. The summed E-state index contributed by atoms with van der Waals surface area (Å²) in [5.74, 6) is 0.960. The van der Waals surface area contributed by atoms with Crippen LogP contribution < -0.4 is 10.9 Å². The first-order valence-electron chi connectivity index (χ1n) is 10.0. The van der Waals surface area contributed by atoms with Gasteiger partial charge in [0.25, 0.3) is 5.56 Å². The van der Waals surface area contributed by atoms with Gasteiger partial charge in [0.1, 0.15) is 5.82 Å². The van der Waals surface area contributed by atoms with Gasteiger partial charge in [-0.1, -0.05) is 36.4 Å². The second-order valence-corrected chi connectivity index (χ2v) is 7.49. The van der Waals surface area contributed by atoms with Gasteiger partial charge in [0.05, 0.1) is 12.1 Å². The number of nitrogens with one attached hydrogen (secondary N) is 2. The highest BCUT2D eigenvalue weighted by Gasteiger charge is 2.21. The number of H-pyrrole nitrogens is 1. The Hall–Kier alpha value is -3.28. The molecule has 29 heavy (non-hydrogen) atoms. The Kier molecular flexibility index (Phi) is 5.79. The molecule has 0 radical (unpaired) electrons. The third-order valence-corrected chi connectivity index (χ3v) is 5.42. The van der Waals surface area contributed by atoms with Crippen LogP contribution in [0.25, 0.3) is 11.4 Å². The normalized spacial score (nSPS) is 15.9. The van der Waals surface area contributed by atoms with Crippen molar-refractivity contribution in [3.8, 4) is 11.4 Å². The molecular formula is C23H24N4O2. The molecule has 2 N–H and O–H groups in total. The lowest BCUT2D eigenvalue weighted by Crippen LogP contribution is -2.30. The number of hydrogen-bond acceptors (Lipinski definition) is 4. The molecule has 3 aromatic rings. The van der Waals surface area contributed by atoms with E-state index in [2.05, 4.69) is 15.3 Å². The fraction of sp³-hybridized carbons (Fsp3) is 0.304. The predicted octanol–water partition coefficient (Wildman–Crippen LogP) is 2.69. The zero-order valence-corrected chi connectivity index (χ0v) is 16.2. The molecule has 0 saturated carbocycles. The molecular weight excluding hydrogens is 364 g/mol. The molecule has 0 fully saturated rings. The van der Waals surface area contributed by atoms with Gasteiger partial charge in [0.2, 0.25) is 5.91 Å². The van der Waals surface area contributed by atoms with Gasteiger partial charge in [-0.3, -0.25) is 14.6 Å². The van der Waals surface area contributed by atoms with Crippen molar-refractivity contribution in [1.82, 2.24) is 20.3 Å². The molecule has 1 amide bonds. The first-order chi connectivity index (χ1) is 14.2. The summed E-state index contributed by atoms with van der Waals surface area (Å²) >= 11 is 0. The molecule has 1 aliphatic carbocycles. The predicted molar refractivity (Wildman–Crippen MR) is 111 cm³/mol. The van der Waals surface area contributed by atoms with Crippen LogP contribution in [-0.4, -0.2) is 27.4 Å². The Balaban J connectivity index is 1.38. The standard InChI is InChI=1S/C23H24N4O2/c28-21(13-17-5-4-12-24-14-17)25-15-16-8-10-19-20(11-9-16)26-22(27-23(19)29)18-6-2-1-3-7-18/h1-7,12,14,16H,8-11,13,15H2,(H,25,28)(H,26,27,29). The summed E-state index contributed by atoms with van der Waals surface area (Å²) in [6.07, 6.45) is 6.97. The summed E-state index contributed by atoms with van der Waals surface area (Å²) in [7, 11) is 0. The summed E-state index contributed by atoms with van der Waals surface area (Å²) in [5.41, 5.74) is 3.44. The number of amides is 1. The number of hydrogen-bond donors (Lipinski definition) is 2. The summed E-state index contributed by atoms with van der Waals surface area (Å²) in [6, 6.07) is 13.4. The minimum absolute atomic E-state index is 0.00194. The lowest BCUT2D eigenvalue weighted by molar-refractivity contribution is -0.120. The largest absolute Gasteiger partial charge is 0.356 e. The van der Waals surface area contributed by atoms with Crippen molar-refractivity contribution in [2.24, 2.45) is 5.92 Å². The first-order valence-corrected chi connectivity index (χ1v) is 10.0. The maximum atomic E-state index is 12.6.